The summed E-state index contributed by atoms with van der Waals surface area (Å²) in [6, 6.07) is 5.61. The Hall–Kier alpha value is -0.640. The minimum atomic E-state index is -0.144. The van der Waals surface area contributed by atoms with Crippen LogP contribution in [0.25, 0.3) is 0 Å². The average molecular weight is 259 g/mol. The van der Waals surface area contributed by atoms with Crippen LogP contribution in [0.1, 0.15) is 18.1 Å². The lowest BCUT2D eigenvalue weighted by Crippen LogP contribution is -2.48. The van der Waals surface area contributed by atoms with Gasteiger partial charge >= 0.3 is 0 Å². The van der Waals surface area contributed by atoms with Crippen molar-refractivity contribution in [1.29, 1.82) is 0 Å². The van der Waals surface area contributed by atoms with Crippen molar-refractivity contribution in [3.05, 3.63) is 35.1 Å². The van der Waals surface area contributed by atoms with Crippen LogP contribution < -0.4 is 5.32 Å². The van der Waals surface area contributed by atoms with Crippen LogP contribution in [0.3, 0.4) is 0 Å². The van der Waals surface area contributed by atoms with Gasteiger partial charge in [0.1, 0.15) is 5.82 Å². The van der Waals surface area contributed by atoms with Gasteiger partial charge in [0.15, 0.2) is 0 Å². The third kappa shape index (κ3) is 3.95. The van der Waals surface area contributed by atoms with Crippen LogP contribution in [0, 0.1) is 12.7 Å². The molecule has 17 heavy (non-hydrogen) atoms. The zero-order valence-electron chi connectivity index (χ0n) is 10.4. The minimum absolute atomic E-state index is 0. The molecule has 2 nitrogen and oxygen atoms in total. The standard InChI is InChI=1S/C13H19FN2.ClH/c1-10-7-13(14)4-3-12(10)9-16-6-5-15-11(2)8-16;/h3-4,7,11,15H,5-6,8-9H2,1-2H3;1H. The van der Waals surface area contributed by atoms with E-state index in [-0.39, 0.29) is 18.2 Å². The first-order chi connectivity index (χ1) is 7.65. The lowest BCUT2D eigenvalue weighted by atomic mass is 10.1. The van der Waals surface area contributed by atoms with Gasteiger partial charge in [-0.2, -0.15) is 0 Å². The Morgan fingerprint density at radius 2 is 2.24 bits per heavy atom. The van der Waals surface area contributed by atoms with Crippen LogP contribution >= 0.6 is 12.4 Å². The van der Waals surface area contributed by atoms with Crippen LogP contribution in [0.4, 0.5) is 4.39 Å². The van der Waals surface area contributed by atoms with Crippen LogP contribution in [0.15, 0.2) is 18.2 Å². The highest BCUT2D eigenvalue weighted by Gasteiger charge is 2.16. The highest BCUT2D eigenvalue weighted by Crippen LogP contribution is 2.13. The van der Waals surface area contributed by atoms with Crippen molar-refractivity contribution in [3.63, 3.8) is 0 Å². The third-order valence-corrected chi connectivity index (χ3v) is 3.15. The number of rotatable bonds is 2. The number of benzene rings is 1. The predicted octanol–water partition coefficient (Wildman–Crippen LogP) is 2.35. The molecule has 0 spiro atoms. The molecule has 0 amide bonds. The zero-order valence-corrected chi connectivity index (χ0v) is 11.2. The van der Waals surface area contributed by atoms with Crippen molar-refractivity contribution in [2.75, 3.05) is 19.6 Å². The fraction of sp³-hybridized carbons (Fsp3) is 0.538. The summed E-state index contributed by atoms with van der Waals surface area (Å²) >= 11 is 0. The van der Waals surface area contributed by atoms with Gasteiger partial charge in [-0.15, -0.1) is 12.4 Å². The molecule has 2 rings (SSSR count). The molecular weight excluding hydrogens is 239 g/mol. The monoisotopic (exact) mass is 258 g/mol. The summed E-state index contributed by atoms with van der Waals surface area (Å²) in [5, 5.41) is 3.42. The number of aryl methyl sites for hydroxylation is 1. The minimum Gasteiger partial charge on any atom is -0.312 e. The summed E-state index contributed by atoms with van der Waals surface area (Å²) in [7, 11) is 0. The van der Waals surface area contributed by atoms with E-state index in [0.29, 0.717) is 6.04 Å². The largest absolute Gasteiger partial charge is 0.312 e. The predicted molar refractivity (Wildman–Crippen MR) is 71.1 cm³/mol. The lowest BCUT2D eigenvalue weighted by molar-refractivity contribution is 0.199. The maximum atomic E-state index is 13.0. The maximum absolute atomic E-state index is 13.0. The fourth-order valence-electron chi connectivity index (χ4n) is 2.23. The molecule has 4 heteroatoms. The highest BCUT2D eigenvalue weighted by molar-refractivity contribution is 5.85. The molecule has 0 saturated carbocycles. The summed E-state index contributed by atoms with van der Waals surface area (Å²) in [4.78, 5) is 2.42. The summed E-state index contributed by atoms with van der Waals surface area (Å²) in [6.45, 7) is 8.28. The van der Waals surface area contributed by atoms with Gasteiger partial charge in [0.05, 0.1) is 0 Å². The van der Waals surface area contributed by atoms with Crippen LogP contribution in [-0.4, -0.2) is 30.6 Å². The number of hydrogen-bond acceptors (Lipinski definition) is 2. The van der Waals surface area contributed by atoms with E-state index in [0.717, 1.165) is 31.7 Å². The summed E-state index contributed by atoms with van der Waals surface area (Å²) in [6.07, 6.45) is 0. The molecule has 0 bridgehead atoms. The summed E-state index contributed by atoms with van der Waals surface area (Å²) in [5.74, 6) is -0.144. The Morgan fingerprint density at radius 1 is 1.47 bits per heavy atom. The third-order valence-electron chi connectivity index (χ3n) is 3.15. The van der Waals surface area contributed by atoms with Crippen molar-refractivity contribution in [1.82, 2.24) is 10.2 Å². The molecule has 0 radical (unpaired) electrons. The molecule has 0 aliphatic carbocycles. The first-order valence-electron chi connectivity index (χ1n) is 5.86. The van der Waals surface area contributed by atoms with Crippen LogP contribution in [0.5, 0.6) is 0 Å². The van der Waals surface area contributed by atoms with E-state index in [2.05, 4.69) is 17.1 Å². The Morgan fingerprint density at radius 3 is 2.88 bits per heavy atom. The van der Waals surface area contributed by atoms with Gasteiger partial charge < -0.3 is 5.32 Å². The topological polar surface area (TPSA) is 15.3 Å². The van der Waals surface area contributed by atoms with Gasteiger partial charge in [0, 0.05) is 32.2 Å². The van der Waals surface area contributed by atoms with Crippen molar-refractivity contribution in [3.8, 4) is 0 Å². The van der Waals surface area contributed by atoms with E-state index in [1.807, 2.05) is 13.0 Å². The molecule has 0 aromatic heterocycles. The summed E-state index contributed by atoms with van der Waals surface area (Å²) in [5.41, 5.74) is 2.28. The molecule has 1 fully saturated rings. The molecule has 1 saturated heterocycles. The highest BCUT2D eigenvalue weighted by atomic mass is 35.5. The smallest absolute Gasteiger partial charge is 0.123 e. The van der Waals surface area contributed by atoms with Gasteiger partial charge in [-0.1, -0.05) is 6.07 Å². The Balaban J connectivity index is 0.00000144. The molecule has 1 unspecified atom stereocenters. The van der Waals surface area contributed by atoms with Gasteiger partial charge in [0.2, 0.25) is 0 Å². The molecule has 1 aliphatic rings. The average Bonchev–Trinajstić information content (AvgIpc) is 2.22. The second-order valence-electron chi connectivity index (χ2n) is 4.66. The zero-order chi connectivity index (χ0) is 11.5. The second-order valence-corrected chi connectivity index (χ2v) is 4.66. The Bertz CT molecular complexity index is 370. The molecule has 1 aromatic carbocycles. The van der Waals surface area contributed by atoms with E-state index in [9.17, 15) is 4.39 Å². The Kier molecular flexibility index (Phi) is 5.37. The van der Waals surface area contributed by atoms with Gasteiger partial charge in [-0.3, -0.25) is 4.90 Å². The number of piperazine rings is 1. The van der Waals surface area contributed by atoms with Gasteiger partial charge in [-0.25, -0.2) is 4.39 Å². The number of hydrogen-bond donors (Lipinski definition) is 1. The normalized spacial score (nSPS) is 21.0. The second kappa shape index (κ2) is 6.34. The SMILES string of the molecule is Cc1cc(F)ccc1CN1CCNC(C)C1.Cl. The van der Waals surface area contributed by atoms with Crippen molar-refractivity contribution < 1.29 is 4.39 Å². The van der Waals surface area contributed by atoms with Crippen LogP contribution in [0.2, 0.25) is 0 Å². The van der Waals surface area contributed by atoms with Gasteiger partial charge in [0.25, 0.3) is 0 Å². The van der Waals surface area contributed by atoms with Crippen molar-refractivity contribution in [2.24, 2.45) is 0 Å². The quantitative estimate of drug-likeness (QED) is 0.876. The van der Waals surface area contributed by atoms with E-state index in [4.69, 9.17) is 0 Å². The maximum Gasteiger partial charge on any atom is 0.123 e. The van der Waals surface area contributed by atoms with Crippen molar-refractivity contribution in [2.45, 2.75) is 26.4 Å². The van der Waals surface area contributed by atoms with Gasteiger partial charge in [-0.05, 0) is 37.1 Å². The fourth-order valence-corrected chi connectivity index (χ4v) is 2.23. The molecule has 1 aromatic rings. The van der Waals surface area contributed by atoms with E-state index in [1.54, 1.807) is 12.1 Å². The molecular formula is C13H20ClFN2. The first-order valence-corrected chi connectivity index (χ1v) is 5.86. The van der Waals surface area contributed by atoms with E-state index in [1.165, 1.54) is 5.56 Å². The first kappa shape index (κ1) is 14.4. The van der Waals surface area contributed by atoms with E-state index < -0.39 is 0 Å². The molecule has 1 N–H and O–H groups in total. The number of halogens is 2. The lowest BCUT2D eigenvalue weighted by Gasteiger charge is -2.32. The molecule has 1 atom stereocenters. The molecule has 1 heterocycles. The summed E-state index contributed by atoms with van der Waals surface area (Å²) < 4.78 is 13.0. The Labute approximate surface area is 109 Å². The van der Waals surface area contributed by atoms with Crippen LogP contribution in [-0.2, 0) is 6.54 Å². The molecule has 96 valence electrons. The molecule has 1 aliphatic heterocycles. The van der Waals surface area contributed by atoms with Crippen molar-refractivity contribution >= 4 is 12.4 Å². The number of nitrogens with one attached hydrogen (secondary N) is 1. The number of nitrogens with zero attached hydrogens (tertiary/aromatic N) is 1. The van der Waals surface area contributed by atoms with E-state index >= 15 is 0 Å².